The molecule has 15 heavy (non-hydrogen) atoms. The second kappa shape index (κ2) is 2.06. The zero-order valence-electron chi connectivity index (χ0n) is 8.82. The second-order valence-corrected chi connectivity index (χ2v) is 5.44. The number of carbonyl (C=O) groups excluding carboxylic acids is 1. The lowest BCUT2D eigenvalue weighted by Gasteiger charge is -2.33. The van der Waals surface area contributed by atoms with Crippen LogP contribution in [0.4, 0.5) is 0 Å². The molecule has 4 fully saturated rings. The first-order valence-electron chi connectivity index (χ1n) is 5.73. The van der Waals surface area contributed by atoms with E-state index in [-0.39, 0.29) is 10.8 Å². The lowest BCUT2D eigenvalue weighted by molar-refractivity contribution is -0.125. The summed E-state index contributed by atoms with van der Waals surface area (Å²) in [6.07, 6.45) is 9.92. The molecule has 5 aliphatic carbocycles. The Morgan fingerprint density at radius 2 is 2.33 bits per heavy atom. The Morgan fingerprint density at radius 3 is 3.13 bits per heavy atom. The van der Waals surface area contributed by atoms with Gasteiger partial charge >= 0.3 is 0 Å². The van der Waals surface area contributed by atoms with Gasteiger partial charge in [-0.05, 0) is 31.4 Å². The first-order chi connectivity index (χ1) is 7.23. The lowest BCUT2D eigenvalue weighted by atomic mass is 9.70. The van der Waals surface area contributed by atoms with Gasteiger partial charge in [-0.3, -0.25) is 4.79 Å². The first kappa shape index (κ1) is 8.14. The number of allylic oxidation sites excluding steroid dienone is 3. The van der Waals surface area contributed by atoms with Crippen molar-refractivity contribution in [2.75, 3.05) is 7.11 Å². The minimum absolute atomic E-state index is 0.166. The molecule has 2 heteroatoms. The van der Waals surface area contributed by atoms with Crippen molar-refractivity contribution in [3.8, 4) is 0 Å². The molecule has 78 valence electrons. The third-order valence-corrected chi connectivity index (χ3v) is 5.17. The van der Waals surface area contributed by atoms with Crippen LogP contribution in [0.5, 0.6) is 0 Å². The maximum absolute atomic E-state index is 12.1. The largest absolute Gasteiger partial charge is 0.497 e. The third kappa shape index (κ3) is 0.622. The highest BCUT2D eigenvalue weighted by molar-refractivity contribution is 5.95. The molecule has 2 spiro atoms. The van der Waals surface area contributed by atoms with Crippen LogP contribution in [0.2, 0.25) is 0 Å². The van der Waals surface area contributed by atoms with E-state index in [1.165, 1.54) is 6.42 Å². The van der Waals surface area contributed by atoms with E-state index < -0.39 is 0 Å². The van der Waals surface area contributed by atoms with Crippen molar-refractivity contribution in [3.63, 3.8) is 0 Å². The van der Waals surface area contributed by atoms with Crippen LogP contribution in [0.25, 0.3) is 0 Å². The molecule has 0 aromatic heterocycles. The minimum atomic E-state index is 0.166. The van der Waals surface area contributed by atoms with Crippen LogP contribution in [0.15, 0.2) is 24.0 Å². The van der Waals surface area contributed by atoms with Gasteiger partial charge < -0.3 is 4.74 Å². The molecule has 0 amide bonds. The summed E-state index contributed by atoms with van der Waals surface area (Å²) in [4.78, 5) is 12.1. The highest BCUT2D eigenvalue weighted by Gasteiger charge is 2.83. The van der Waals surface area contributed by atoms with Crippen molar-refractivity contribution in [1.29, 1.82) is 0 Å². The van der Waals surface area contributed by atoms with Gasteiger partial charge in [-0.1, -0.05) is 6.08 Å². The molecular formula is C13H14O2. The quantitative estimate of drug-likeness (QED) is 0.650. The molecule has 0 aliphatic heterocycles. The summed E-state index contributed by atoms with van der Waals surface area (Å²) in [6, 6.07) is 0. The van der Waals surface area contributed by atoms with Crippen molar-refractivity contribution < 1.29 is 9.53 Å². The smallest absolute Gasteiger partial charge is 0.140 e. The molecular weight excluding hydrogens is 188 g/mol. The molecule has 5 aliphatic rings. The Balaban J connectivity index is 1.88. The van der Waals surface area contributed by atoms with Gasteiger partial charge in [0, 0.05) is 22.7 Å². The van der Waals surface area contributed by atoms with Gasteiger partial charge in [-0.25, -0.2) is 0 Å². The van der Waals surface area contributed by atoms with Crippen LogP contribution in [-0.2, 0) is 9.53 Å². The lowest BCUT2D eigenvalue weighted by Crippen LogP contribution is -2.29. The number of fused-ring (bicyclic) bond motifs is 1. The van der Waals surface area contributed by atoms with Crippen LogP contribution in [0.1, 0.15) is 19.3 Å². The van der Waals surface area contributed by atoms with E-state index in [0.29, 0.717) is 17.6 Å². The summed E-state index contributed by atoms with van der Waals surface area (Å²) in [6.45, 7) is 0. The summed E-state index contributed by atoms with van der Waals surface area (Å²) in [7, 11) is 1.70. The van der Waals surface area contributed by atoms with Gasteiger partial charge in [0.05, 0.1) is 7.11 Å². The van der Waals surface area contributed by atoms with E-state index in [1.807, 2.05) is 0 Å². The number of ketones is 1. The maximum Gasteiger partial charge on any atom is 0.140 e. The summed E-state index contributed by atoms with van der Waals surface area (Å²) in [5.74, 6) is 2.15. The van der Waals surface area contributed by atoms with Crippen LogP contribution >= 0.6 is 0 Å². The predicted molar refractivity (Wildman–Crippen MR) is 54.9 cm³/mol. The van der Waals surface area contributed by atoms with E-state index in [2.05, 4.69) is 18.2 Å². The van der Waals surface area contributed by atoms with Crippen LogP contribution in [0, 0.1) is 22.7 Å². The van der Waals surface area contributed by atoms with Crippen LogP contribution in [-0.4, -0.2) is 12.9 Å². The Morgan fingerprint density at radius 1 is 1.47 bits per heavy atom. The Kier molecular flexibility index (Phi) is 1.12. The molecule has 0 aromatic carbocycles. The Hall–Kier alpha value is -1.05. The van der Waals surface area contributed by atoms with Gasteiger partial charge in [0.15, 0.2) is 0 Å². The molecule has 0 radical (unpaired) electrons. The van der Waals surface area contributed by atoms with Crippen molar-refractivity contribution in [3.05, 3.63) is 24.0 Å². The summed E-state index contributed by atoms with van der Waals surface area (Å²) >= 11 is 0. The molecule has 0 heterocycles. The molecule has 0 N–H and O–H groups in total. The molecule has 4 bridgehead atoms. The van der Waals surface area contributed by atoms with Gasteiger partial charge in [0.2, 0.25) is 0 Å². The fourth-order valence-corrected chi connectivity index (χ4v) is 4.51. The van der Waals surface area contributed by atoms with Gasteiger partial charge in [-0.2, -0.15) is 0 Å². The molecule has 4 atom stereocenters. The van der Waals surface area contributed by atoms with Gasteiger partial charge in [-0.15, -0.1) is 0 Å². The van der Waals surface area contributed by atoms with E-state index in [4.69, 9.17) is 4.74 Å². The van der Waals surface area contributed by atoms with Crippen molar-refractivity contribution in [1.82, 2.24) is 0 Å². The number of hydrogen-bond donors (Lipinski definition) is 0. The predicted octanol–water partition coefficient (Wildman–Crippen LogP) is 2.07. The number of Topliss-reactive ketones (excluding diaryl/α,β-unsaturated/α-hetero) is 1. The van der Waals surface area contributed by atoms with Crippen molar-refractivity contribution in [2.24, 2.45) is 22.7 Å². The summed E-state index contributed by atoms with van der Waals surface area (Å²) in [5.41, 5.74) is 0.383. The highest BCUT2D eigenvalue weighted by atomic mass is 16.5. The summed E-state index contributed by atoms with van der Waals surface area (Å²) in [5, 5.41) is 0. The third-order valence-electron chi connectivity index (χ3n) is 5.17. The number of hydrogen-bond acceptors (Lipinski definition) is 2. The van der Waals surface area contributed by atoms with E-state index in [0.717, 1.165) is 18.6 Å². The van der Waals surface area contributed by atoms with Crippen molar-refractivity contribution in [2.45, 2.75) is 19.3 Å². The first-order valence-corrected chi connectivity index (χ1v) is 5.73. The van der Waals surface area contributed by atoms with Crippen LogP contribution in [0.3, 0.4) is 0 Å². The molecule has 4 saturated carbocycles. The number of rotatable bonds is 1. The number of ether oxygens (including phenoxy) is 1. The zero-order valence-corrected chi connectivity index (χ0v) is 8.82. The monoisotopic (exact) mass is 202 g/mol. The normalized spacial score (nSPS) is 53.7. The SMILES string of the molecule is COC1=C[C@@]23CC[C@H]4C[C@]2(C=C1)C3C4=O. The fourth-order valence-electron chi connectivity index (χ4n) is 4.51. The van der Waals surface area contributed by atoms with E-state index in [1.54, 1.807) is 7.11 Å². The standard InChI is InChI=1S/C13H14O2/c1-15-9-3-5-12-6-8-2-4-13(12,7-9)11(12)10(8)14/h3,5,7-8,11H,2,4,6H2,1H3/t8-,11?,12+,13+/m0/s1. The van der Waals surface area contributed by atoms with Gasteiger partial charge in [0.1, 0.15) is 11.5 Å². The van der Waals surface area contributed by atoms with Crippen molar-refractivity contribution >= 4 is 5.78 Å². The summed E-state index contributed by atoms with van der Waals surface area (Å²) < 4.78 is 5.29. The average molecular weight is 202 g/mol. The molecule has 0 aromatic rings. The average Bonchev–Trinajstić information content (AvgIpc) is 2.80. The fraction of sp³-hybridized carbons (Fsp3) is 0.615. The topological polar surface area (TPSA) is 26.3 Å². The highest BCUT2D eigenvalue weighted by Crippen LogP contribution is 2.84. The van der Waals surface area contributed by atoms with Crippen LogP contribution < -0.4 is 0 Å². The second-order valence-electron chi connectivity index (χ2n) is 5.44. The zero-order chi connectivity index (χ0) is 10.3. The molecule has 5 rings (SSSR count). The van der Waals surface area contributed by atoms with E-state index >= 15 is 0 Å². The molecule has 1 unspecified atom stereocenters. The number of carbonyl (C=O) groups is 1. The van der Waals surface area contributed by atoms with E-state index in [9.17, 15) is 4.79 Å². The molecule has 2 nitrogen and oxygen atoms in total. The number of methoxy groups -OCH3 is 1. The maximum atomic E-state index is 12.1. The molecule has 0 saturated heterocycles. The Bertz CT molecular complexity index is 434. The Labute approximate surface area is 89.0 Å². The minimum Gasteiger partial charge on any atom is -0.497 e. The van der Waals surface area contributed by atoms with Gasteiger partial charge in [0.25, 0.3) is 0 Å².